The van der Waals surface area contributed by atoms with Crippen LogP contribution in [0.5, 0.6) is 0 Å². The number of aliphatic imine (C=N–C) groups is 1. The molecule has 0 saturated carbocycles. The van der Waals surface area contributed by atoms with Crippen molar-refractivity contribution in [1.29, 1.82) is 0 Å². The van der Waals surface area contributed by atoms with Crippen molar-refractivity contribution < 1.29 is 0 Å². The van der Waals surface area contributed by atoms with E-state index in [1.165, 1.54) is 4.70 Å². The van der Waals surface area contributed by atoms with E-state index >= 15 is 0 Å². The lowest BCUT2D eigenvalue weighted by Crippen LogP contribution is -2.30. The van der Waals surface area contributed by atoms with Crippen LogP contribution in [0.4, 0.5) is 5.69 Å². The van der Waals surface area contributed by atoms with Crippen LogP contribution in [0.15, 0.2) is 28.7 Å². The molecule has 3 rings (SSSR count). The summed E-state index contributed by atoms with van der Waals surface area (Å²) in [6.07, 6.45) is 1.16. The zero-order chi connectivity index (χ0) is 14.2. The first kappa shape index (κ1) is 13.9. The van der Waals surface area contributed by atoms with E-state index in [9.17, 15) is 0 Å². The van der Waals surface area contributed by atoms with Crippen LogP contribution in [0.3, 0.4) is 0 Å². The van der Waals surface area contributed by atoms with Crippen LogP contribution in [-0.2, 0) is 0 Å². The molecule has 1 N–H and O–H groups in total. The molecule has 5 heteroatoms. The van der Waals surface area contributed by atoms with E-state index in [2.05, 4.69) is 49.3 Å². The molecular formula is C15H19N3S2. The highest BCUT2D eigenvalue weighted by Gasteiger charge is 2.27. The molecule has 1 aliphatic rings. The number of rotatable bonds is 1. The van der Waals surface area contributed by atoms with Crippen LogP contribution in [0.2, 0.25) is 0 Å². The van der Waals surface area contributed by atoms with E-state index in [0.29, 0.717) is 6.04 Å². The molecule has 0 fully saturated rings. The monoisotopic (exact) mass is 305 g/mol. The van der Waals surface area contributed by atoms with Crippen molar-refractivity contribution in [3.8, 4) is 0 Å². The Labute approximate surface area is 127 Å². The molecule has 1 aromatic carbocycles. The largest absolute Gasteiger partial charge is 0.335 e. The van der Waals surface area contributed by atoms with Gasteiger partial charge in [0.05, 0.1) is 21.8 Å². The molecule has 1 atom stereocenters. The maximum absolute atomic E-state index is 4.87. The van der Waals surface area contributed by atoms with Gasteiger partial charge < -0.3 is 5.32 Å². The maximum Gasteiger partial charge on any atom is 0.161 e. The minimum atomic E-state index is 0.232. The summed E-state index contributed by atoms with van der Waals surface area (Å²) < 4.78 is 1.21. The Balaban J connectivity index is 1.81. The van der Waals surface area contributed by atoms with Crippen LogP contribution < -0.4 is 5.32 Å². The lowest BCUT2D eigenvalue weighted by atomic mass is 9.85. The van der Waals surface area contributed by atoms with Crippen molar-refractivity contribution >= 4 is 44.2 Å². The predicted molar refractivity (Wildman–Crippen MR) is 91.0 cm³/mol. The summed E-state index contributed by atoms with van der Waals surface area (Å²) in [5.41, 5.74) is 4.28. The molecule has 1 aliphatic heterocycles. The summed E-state index contributed by atoms with van der Waals surface area (Å²) in [4.78, 5) is 9.18. The third-order valence-corrected chi connectivity index (χ3v) is 5.20. The van der Waals surface area contributed by atoms with E-state index < -0.39 is 0 Å². The van der Waals surface area contributed by atoms with Gasteiger partial charge in [0.25, 0.3) is 0 Å². The number of nitrogens with one attached hydrogen (secondary N) is 1. The summed E-state index contributed by atoms with van der Waals surface area (Å²) in [6, 6.07) is 6.69. The fourth-order valence-corrected chi connectivity index (χ4v) is 3.90. The Hall–Kier alpha value is -1.07. The summed E-state index contributed by atoms with van der Waals surface area (Å²) in [5, 5.41) is 4.50. The summed E-state index contributed by atoms with van der Waals surface area (Å²) in [6.45, 7) is 6.79. The Bertz CT molecular complexity index is 640. The van der Waals surface area contributed by atoms with E-state index in [1.807, 2.05) is 17.3 Å². The molecule has 0 spiro atoms. The van der Waals surface area contributed by atoms with E-state index in [0.717, 1.165) is 28.5 Å². The van der Waals surface area contributed by atoms with E-state index in [4.69, 9.17) is 4.99 Å². The normalized spacial score (nSPS) is 19.9. The van der Waals surface area contributed by atoms with Crippen molar-refractivity contribution in [1.82, 2.24) is 4.98 Å². The fraction of sp³-hybridized carbons (Fsp3) is 0.467. The number of hydrogen-bond donors (Lipinski definition) is 1. The Morgan fingerprint density at radius 2 is 2.15 bits per heavy atom. The first-order chi connectivity index (χ1) is 9.52. The maximum atomic E-state index is 4.87. The second-order valence-corrected chi connectivity index (χ2v) is 8.08. The third kappa shape index (κ3) is 2.99. The number of aromatic nitrogens is 1. The summed E-state index contributed by atoms with van der Waals surface area (Å²) in [5.74, 6) is 1.14. The van der Waals surface area contributed by atoms with Crippen LogP contribution in [0.1, 0.15) is 27.2 Å². The highest BCUT2D eigenvalue weighted by atomic mass is 32.2. The topological polar surface area (TPSA) is 37.3 Å². The fourth-order valence-electron chi connectivity index (χ4n) is 2.26. The van der Waals surface area contributed by atoms with Gasteiger partial charge in [-0.3, -0.25) is 4.99 Å². The standard InChI is InChI=1S/C15H19N3S2/c1-15(2,3)13-6-7-19-14(18-13)17-10-4-5-11-12(8-10)20-9-16-11/h4-5,8-9,13H,6-7H2,1-3H3,(H,17,18). The summed E-state index contributed by atoms with van der Waals surface area (Å²) in [7, 11) is 0. The Morgan fingerprint density at radius 1 is 1.30 bits per heavy atom. The van der Waals surface area contributed by atoms with Crippen molar-refractivity contribution in [3.63, 3.8) is 0 Å². The molecule has 20 heavy (non-hydrogen) atoms. The van der Waals surface area contributed by atoms with Gasteiger partial charge in [0.1, 0.15) is 0 Å². The molecule has 1 aromatic heterocycles. The van der Waals surface area contributed by atoms with Gasteiger partial charge in [-0.2, -0.15) is 0 Å². The molecule has 0 bridgehead atoms. The molecule has 106 valence electrons. The number of thioether (sulfide) groups is 1. The van der Waals surface area contributed by atoms with Gasteiger partial charge in [0.15, 0.2) is 5.17 Å². The molecule has 0 radical (unpaired) electrons. The molecule has 0 saturated heterocycles. The van der Waals surface area contributed by atoms with Gasteiger partial charge >= 0.3 is 0 Å². The zero-order valence-corrected chi connectivity index (χ0v) is 13.6. The highest BCUT2D eigenvalue weighted by molar-refractivity contribution is 8.14. The predicted octanol–water partition coefficient (Wildman–Crippen LogP) is 4.62. The number of thiazole rings is 1. The van der Waals surface area contributed by atoms with Crippen LogP contribution in [0.25, 0.3) is 10.2 Å². The van der Waals surface area contributed by atoms with Gasteiger partial charge in [-0.1, -0.05) is 32.5 Å². The smallest absolute Gasteiger partial charge is 0.161 e. The van der Waals surface area contributed by atoms with E-state index in [1.54, 1.807) is 11.3 Å². The number of fused-ring (bicyclic) bond motifs is 1. The molecule has 3 nitrogen and oxygen atoms in total. The number of anilines is 1. The molecule has 2 heterocycles. The van der Waals surface area contributed by atoms with Crippen LogP contribution in [-0.4, -0.2) is 21.9 Å². The Morgan fingerprint density at radius 3 is 2.95 bits per heavy atom. The van der Waals surface area contributed by atoms with E-state index in [-0.39, 0.29) is 5.41 Å². The molecule has 0 aliphatic carbocycles. The van der Waals surface area contributed by atoms with Crippen molar-refractivity contribution in [3.05, 3.63) is 23.7 Å². The minimum absolute atomic E-state index is 0.232. The van der Waals surface area contributed by atoms with Crippen molar-refractivity contribution in [2.24, 2.45) is 10.4 Å². The average molecular weight is 305 g/mol. The summed E-state index contributed by atoms with van der Waals surface area (Å²) >= 11 is 3.48. The minimum Gasteiger partial charge on any atom is -0.335 e. The molecule has 1 unspecified atom stereocenters. The van der Waals surface area contributed by atoms with Gasteiger partial charge in [-0.05, 0) is 30.0 Å². The SMILES string of the molecule is CC(C)(C)C1CCSC(Nc2ccc3ncsc3c2)=N1. The van der Waals surface area contributed by atoms with Gasteiger partial charge in [0.2, 0.25) is 0 Å². The number of nitrogens with zero attached hydrogens (tertiary/aromatic N) is 2. The van der Waals surface area contributed by atoms with Gasteiger partial charge in [-0.25, -0.2) is 4.98 Å². The number of benzene rings is 1. The van der Waals surface area contributed by atoms with Crippen LogP contribution >= 0.6 is 23.1 Å². The quantitative estimate of drug-likeness (QED) is 0.835. The lowest BCUT2D eigenvalue weighted by Gasteiger charge is -2.31. The first-order valence-corrected chi connectivity index (χ1v) is 8.70. The van der Waals surface area contributed by atoms with Gasteiger partial charge in [0, 0.05) is 11.4 Å². The van der Waals surface area contributed by atoms with Crippen LogP contribution in [0, 0.1) is 5.41 Å². The second kappa shape index (κ2) is 5.37. The van der Waals surface area contributed by atoms with Crippen molar-refractivity contribution in [2.45, 2.75) is 33.2 Å². The second-order valence-electron chi connectivity index (χ2n) is 6.11. The molecule has 2 aromatic rings. The first-order valence-electron chi connectivity index (χ1n) is 6.83. The van der Waals surface area contributed by atoms with Gasteiger partial charge in [-0.15, -0.1) is 11.3 Å². The zero-order valence-electron chi connectivity index (χ0n) is 12.0. The molecule has 0 amide bonds. The Kier molecular flexibility index (Phi) is 3.73. The number of amidine groups is 1. The molecular weight excluding hydrogens is 286 g/mol. The lowest BCUT2D eigenvalue weighted by molar-refractivity contribution is 0.316. The highest BCUT2D eigenvalue weighted by Crippen LogP contribution is 2.31. The van der Waals surface area contributed by atoms with Crippen molar-refractivity contribution in [2.75, 3.05) is 11.1 Å². The average Bonchev–Trinajstić information content (AvgIpc) is 2.85. The number of hydrogen-bond acceptors (Lipinski definition) is 5. The third-order valence-electron chi connectivity index (χ3n) is 3.49.